The smallest absolute Gasteiger partial charge is 0.0876 e. The molecule has 3 aliphatic rings. The minimum Gasteiger partial charge on any atom is -0.371 e. The van der Waals surface area contributed by atoms with Crippen LogP contribution in [0.3, 0.4) is 0 Å². The Morgan fingerprint density at radius 3 is 2.53 bits per heavy atom. The first kappa shape index (κ1) is 15.6. The van der Waals surface area contributed by atoms with Gasteiger partial charge in [-0.3, -0.25) is 0 Å². The standard InChI is InChI=1S/C15H20Br2O2/c1-3-5-6-7-13-15-9-11(17)14(19-13)8-10(16)12(4-2)18-15/h1,5-6,10-15H,4,7-9H2,2H3. The van der Waals surface area contributed by atoms with Gasteiger partial charge in [-0.1, -0.05) is 50.8 Å². The van der Waals surface area contributed by atoms with Crippen molar-refractivity contribution in [1.29, 1.82) is 0 Å². The van der Waals surface area contributed by atoms with E-state index in [9.17, 15) is 0 Å². The lowest BCUT2D eigenvalue weighted by Crippen LogP contribution is -2.52. The van der Waals surface area contributed by atoms with E-state index in [4.69, 9.17) is 15.9 Å². The van der Waals surface area contributed by atoms with Gasteiger partial charge in [0.1, 0.15) is 0 Å². The molecule has 0 spiro atoms. The Bertz CT molecular complexity index is 364. The maximum Gasteiger partial charge on any atom is 0.0876 e. The molecule has 0 aromatic rings. The van der Waals surface area contributed by atoms with Crippen LogP contribution in [0.1, 0.15) is 32.6 Å². The van der Waals surface area contributed by atoms with E-state index in [2.05, 4.69) is 44.7 Å². The molecule has 0 aromatic heterocycles. The monoisotopic (exact) mass is 390 g/mol. The first-order chi connectivity index (χ1) is 9.15. The van der Waals surface area contributed by atoms with E-state index in [0.717, 1.165) is 25.7 Å². The maximum atomic E-state index is 6.27. The third-order valence-electron chi connectivity index (χ3n) is 3.82. The number of allylic oxidation sites excluding steroid dienone is 1. The summed E-state index contributed by atoms with van der Waals surface area (Å²) in [5.74, 6) is 2.52. The fraction of sp³-hybridized carbons (Fsp3) is 0.733. The van der Waals surface area contributed by atoms with Crippen molar-refractivity contribution in [3.63, 3.8) is 0 Å². The van der Waals surface area contributed by atoms with Gasteiger partial charge in [0, 0.05) is 9.65 Å². The largest absolute Gasteiger partial charge is 0.371 e. The third kappa shape index (κ3) is 3.85. The highest BCUT2D eigenvalue weighted by atomic mass is 79.9. The Kier molecular flexibility index (Phi) is 5.95. The van der Waals surface area contributed by atoms with Crippen LogP contribution in [0.5, 0.6) is 0 Å². The summed E-state index contributed by atoms with van der Waals surface area (Å²) >= 11 is 7.48. The lowest BCUT2D eigenvalue weighted by molar-refractivity contribution is -0.173. The van der Waals surface area contributed by atoms with E-state index in [0.29, 0.717) is 9.65 Å². The van der Waals surface area contributed by atoms with Crippen LogP contribution in [0.25, 0.3) is 0 Å². The summed E-state index contributed by atoms with van der Waals surface area (Å²) in [7, 11) is 0. The number of hydrogen-bond acceptors (Lipinski definition) is 2. The Labute approximate surface area is 132 Å². The molecule has 3 aliphatic heterocycles. The molecule has 0 aliphatic carbocycles. The van der Waals surface area contributed by atoms with Gasteiger partial charge in [-0.25, -0.2) is 0 Å². The average molecular weight is 392 g/mol. The molecule has 0 saturated carbocycles. The molecule has 0 N–H and O–H groups in total. The molecule has 3 fully saturated rings. The lowest BCUT2D eigenvalue weighted by atomic mass is 9.92. The molecular weight excluding hydrogens is 372 g/mol. The fourth-order valence-electron chi connectivity index (χ4n) is 2.78. The average Bonchev–Trinajstić information content (AvgIpc) is 2.38. The van der Waals surface area contributed by atoms with Crippen molar-refractivity contribution in [3.8, 4) is 12.3 Å². The highest BCUT2D eigenvalue weighted by Gasteiger charge is 2.42. The van der Waals surface area contributed by atoms with Crippen LogP contribution in [-0.2, 0) is 9.47 Å². The Morgan fingerprint density at radius 1 is 1.16 bits per heavy atom. The van der Waals surface area contributed by atoms with Gasteiger partial charge < -0.3 is 9.47 Å². The van der Waals surface area contributed by atoms with Crippen molar-refractivity contribution in [3.05, 3.63) is 12.2 Å². The van der Waals surface area contributed by atoms with E-state index in [1.54, 1.807) is 6.08 Å². The molecule has 106 valence electrons. The molecule has 0 amide bonds. The van der Waals surface area contributed by atoms with Gasteiger partial charge in [0.2, 0.25) is 0 Å². The molecule has 3 rings (SSSR count). The van der Waals surface area contributed by atoms with Gasteiger partial charge in [-0.2, -0.15) is 0 Å². The van der Waals surface area contributed by atoms with Crippen LogP contribution >= 0.6 is 31.9 Å². The predicted octanol–water partition coefficient (Wildman–Crippen LogP) is 3.82. The highest BCUT2D eigenvalue weighted by molar-refractivity contribution is 9.09. The number of hydrogen-bond donors (Lipinski definition) is 0. The minimum atomic E-state index is 0.123. The second-order valence-electron chi connectivity index (χ2n) is 5.14. The molecule has 4 heteroatoms. The SMILES string of the molecule is C#CC=CCC1OC2CC(Br)C(CC)OC1CC2Br. The molecule has 3 heterocycles. The van der Waals surface area contributed by atoms with E-state index < -0.39 is 0 Å². The number of halogens is 2. The Morgan fingerprint density at radius 2 is 1.84 bits per heavy atom. The summed E-state index contributed by atoms with van der Waals surface area (Å²) in [4.78, 5) is 0.746. The molecule has 19 heavy (non-hydrogen) atoms. The first-order valence-electron chi connectivity index (χ1n) is 6.85. The fourth-order valence-corrected chi connectivity index (χ4v) is 4.36. The zero-order chi connectivity index (χ0) is 13.8. The van der Waals surface area contributed by atoms with Crippen LogP contribution in [0.15, 0.2) is 12.2 Å². The van der Waals surface area contributed by atoms with Gasteiger partial charge in [-0.15, -0.1) is 6.42 Å². The molecule has 6 unspecified atom stereocenters. The summed E-state index contributed by atoms with van der Waals surface area (Å²) in [6.07, 6.45) is 13.6. The van der Waals surface area contributed by atoms with Gasteiger partial charge in [0.25, 0.3) is 0 Å². The topological polar surface area (TPSA) is 18.5 Å². The number of fused-ring (bicyclic) bond motifs is 5. The van der Waals surface area contributed by atoms with Gasteiger partial charge >= 0.3 is 0 Å². The van der Waals surface area contributed by atoms with E-state index >= 15 is 0 Å². The third-order valence-corrected chi connectivity index (χ3v) is 5.75. The summed E-state index contributed by atoms with van der Waals surface area (Å²) in [6, 6.07) is 0. The van der Waals surface area contributed by atoms with Crippen molar-refractivity contribution in [2.45, 2.75) is 66.7 Å². The van der Waals surface area contributed by atoms with Gasteiger partial charge in [0.15, 0.2) is 0 Å². The molecule has 6 atom stereocenters. The van der Waals surface area contributed by atoms with Gasteiger partial charge in [-0.05, 0) is 31.8 Å². The molecule has 3 saturated heterocycles. The molecule has 2 nitrogen and oxygen atoms in total. The second kappa shape index (κ2) is 7.26. The Hall–Kier alpha value is 0.180. The van der Waals surface area contributed by atoms with E-state index in [1.807, 2.05) is 6.08 Å². The molecular formula is C15H20Br2O2. The lowest BCUT2D eigenvalue weighted by Gasteiger charge is -2.45. The van der Waals surface area contributed by atoms with Crippen molar-refractivity contribution < 1.29 is 9.47 Å². The number of alkyl halides is 2. The minimum absolute atomic E-state index is 0.123. The maximum absolute atomic E-state index is 6.27. The van der Waals surface area contributed by atoms with E-state index in [1.165, 1.54) is 0 Å². The van der Waals surface area contributed by atoms with Crippen LogP contribution in [0.2, 0.25) is 0 Å². The predicted molar refractivity (Wildman–Crippen MR) is 84.9 cm³/mol. The van der Waals surface area contributed by atoms with E-state index in [-0.39, 0.29) is 24.4 Å². The summed E-state index contributed by atoms with van der Waals surface area (Å²) < 4.78 is 12.5. The first-order valence-corrected chi connectivity index (χ1v) is 8.69. The van der Waals surface area contributed by atoms with Crippen molar-refractivity contribution >= 4 is 31.9 Å². The Balaban J connectivity index is 2.09. The van der Waals surface area contributed by atoms with Crippen LogP contribution in [0, 0.1) is 12.3 Å². The summed E-state index contributed by atoms with van der Waals surface area (Å²) in [5, 5.41) is 0. The van der Waals surface area contributed by atoms with Crippen molar-refractivity contribution in [1.82, 2.24) is 0 Å². The quantitative estimate of drug-likeness (QED) is 0.537. The normalized spacial score (nSPS) is 42.8. The van der Waals surface area contributed by atoms with Crippen molar-refractivity contribution in [2.24, 2.45) is 0 Å². The number of ether oxygens (including phenoxy) is 2. The highest BCUT2D eigenvalue weighted by Crippen LogP contribution is 2.38. The molecule has 0 radical (unpaired) electrons. The zero-order valence-electron chi connectivity index (χ0n) is 11.1. The van der Waals surface area contributed by atoms with Crippen LogP contribution in [0.4, 0.5) is 0 Å². The van der Waals surface area contributed by atoms with Crippen LogP contribution in [-0.4, -0.2) is 34.1 Å². The summed E-state index contributed by atoms with van der Waals surface area (Å²) in [6.45, 7) is 2.17. The number of terminal acetylenes is 1. The second-order valence-corrected chi connectivity index (χ2v) is 7.49. The van der Waals surface area contributed by atoms with Gasteiger partial charge in [0.05, 0.1) is 24.4 Å². The van der Waals surface area contributed by atoms with Crippen LogP contribution < -0.4 is 0 Å². The zero-order valence-corrected chi connectivity index (χ0v) is 14.3. The van der Waals surface area contributed by atoms with Crippen molar-refractivity contribution in [2.75, 3.05) is 0 Å². The number of rotatable bonds is 3. The molecule has 2 bridgehead atoms. The summed E-state index contributed by atoms with van der Waals surface area (Å²) in [5.41, 5.74) is 0. The molecule has 0 aromatic carbocycles.